The first-order chi connectivity index (χ1) is 14.5. The third kappa shape index (κ3) is 5.64. The lowest BCUT2D eigenvalue weighted by Gasteiger charge is -2.17. The number of para-hydroxylation sites is 1. The third-order valence-corrected chi connectivity index (χ3v) is 5.48. The number of benzene rings is 2. The SMILES string of the molecule is C=CCn1c(SCC(=O)Nc2ccccc2)nnc1C(C)Oc1cc(C)ccc1Cl. The molecule has 0 radical (unpaired) electrons. The zero-order chi connectivity index (χ0) is 21.5. The average Bonchev–Trinajstić information content (AvgIpc) is 3.13. The monoisotopic (exact) mass is 442 g/mol. The van der Waals surface area contributed by atoms with E-state index in [1.165, 1.54) is 11.8 Å². The molecule has 0 aliphatic heterocycles. The molecule has 2 aromatic carbocycles. The summed E-state index contributed by atoms with van der Waals surface area (Å²) in [6.07, 6.45) is 1.37. The molecule has 0 fully saturated rings. The van der Waals surface area contributed by atoms with E-state index in [9.17, 15) is 4.79 Å². The van der Waals surface area contributed by atoms with E-state index in [0.717, 1.165) is 11.3 Å². The zero-order valence-corrected chi connectivity index (χ0v) is 18.4. The second-order valence-electron chi connectivity index (χ2n) is 6.64. The first-order valence-electron chi connectivity index (χ1n) is 9.42. The number of rotatable bonds is 9. The van der Waals surface area contributed by atoms with Gasteiger partial charge in [0.2, 0.25) is 5.91 Å². The summed E-state index contributed by atoms with van der Waals surface area (Å²) in [5.74, 6) is 1.33. The van der Waals surface area contributed by atoms with E-state index in [4.69, 9.17) is 16.3 Å². The fourth-order valence-electron chi connectivity index (χ4n) is 2.80. The number of aryl methyl sites for hydroxylation is 1. The Balaban J connectivity index is 1.70. The highest BCUT2D eigenvalue weighted by molar-refractivity contribution is 7.99. The molecule has 0 spiro atoms. The van der Waals surface area contributed by atoms with Crippen LogP contribution in [0.3, 0.4) is 0 Å². The van der Waals surface area contributed by atoms with Crippen LogP contribution in [0.25, 0.3) is 0 Å². The van der Waals surface area contributed by atoms with Gasteiger partial charge in [-0.1, -0.05) is 53.7 Å². The van der Waals surface area contributed by atoms with Gasteiger partial charge >= 0.3 is 0 Å². The summed E-state index contributed by atoms with van der Waals surface area (Å²) in [4.78, 5) is 12.3. The quantitative estimate of drug-likeness (QED) is 0.360. The number of nitrogens with zero attached hydrogens (tertiary/aromatic N) is 3. The number of carbonyl (C=O) groups excluding carboxylic acids is 1. The van der Waals surface area contributed by atoms with Crippen LogP contribution in [0.5, 0.6) is 5.75 Å². The molecule has 0 aliphatic carbocycles. The number of amides is 1. The number of aromatic nitrogens is 3. The molecule has 0 saturated carbocycles. The van der Waals surface area contributed by atoms with Crippen molar-refractivity contribution in [2.24, 2.45) is 0 Å². The van der Waals surface area contributed by atoms with E-state index in [1.54, 1.807) is 12.1 Å². The van der Waals surface area contributed by atoms with Gasteiger partial charge in [0.1, 0.15) is 5.75 Å². The number of carbonyl (C=O) groups is 1. The highest BCUT2D eigenvalue weighted by Gasteiger charge is 2.20. The molecule has 156 valence electrons. The average molecular weight is 443 g/mol. The molecule has 6 nitrogen and oxygen atoms in total. The molecule has 1 amide bonds. The first kappa shape index (κ1) is 21.9. The largest absolute Gasteiger partial charge is 0.481 e. The lowest BCUT2D eigenvalue weighted by molar-refractivity contribution is -0.113. The first-order valence-corrected chi connectivity index (χ1v) is 10.8. The van der Waals surface area contributed by atoms with Gasteiger partial charge in [-0.2, -0.15) is 0 Å². The van der Waals surface area contributed by atoms with Crippen molar-refractivity contribution in [3.63, 3.8) is 0 Å². The lowest BCUT2D eigenvalue weighted by Crippen LogP contribution is -2.15. The van der Waals surface area contributed by atoms with Crippen molar-refractivity contribution in [2.75, 3.05) is 11.1 Å². The van der Waals surface area contributed by atoms with Gasteiger partial charge in [0.15, 0.2) is 17.1 Å². The number of hydrogen-bond donors (Lipinski definition) is 1. The fourth-order valence-corrected chi connectivity index (χ4v) is 3.72. The van der Waals surface area contributed by atoms with Crippen molar-refractivity contribution >= 4 is 35.0 Å². The number of nitrogens with one attached hydrogen (secondary N) is 1. The Morgan fingerprint density at radius 2 is 2.07 bits per heavy atom. The number of halogens is 1. The molecule has 30 heavy (non-hydrogen) atoms. The van der Waals surface area contributed by atoms with Crippen LogP contribution >= 0.6 is 23.4 Å². The molecule has 1 N–H and O–H groups in total. The Morgan fingerprint density at radius 1 is 1.30 bits per heavy atom. The Hall–Kier alpha value is -2.77. The molecule has 1 atom stereocenters. The topological polar surface area (TPSA) is 69.0 Å². The molecular formula is C22H23ClN4O2S. The maximum Gasteiger partial charge on any atom is 0.234 e. The highest BCUT2D eigenvalue weighted by Crippen LogP contribution is 2.30. The molecule has 0 bridgehead atoms. The van der Waals surface area contributed by atoms with Crippen LogP contribution in [0.15, 0.2) is 66.3 Å². The predicted octanol–water partition coefficient (Wildman–Crippen LogP) is 5.30. The molecular weight excluding hydrogens is 420 g/mol. The van der Waals surface area contributed by atoms with E-state index in [2.05, 4.69) is 22.1 Å². The molecule has 0 saturated heterocycles. The van der Waals surface area contributed by atoms with Gasteiger partial charge < -0.3 is 10.1 Å². The Morgan fingerprint density at radius 3 is 2.80 bits per heavy atom. The maximum atomic E-state index is 12.3. The van der Waals surface area contributed by atoms with Crippen LogP contribution in [0.1, 0.15) is 24.4 Å². The minimum absolute atomic E-state index is 0.114. The van der Waals surface area contributed by atoms with Gasteiger partial charge in [0, 0.05) is 12.2 Å². The molecule has 1 heterocycles. The lowest BCUT2D eigenvalue weighted by atomic mass is 10.2. The second-order valence-corrected chi connectivity index (χ2v) is 7.99. The Bertz CT molecular complexity index is 1020. The fraction of sp³-hybridized carbons (Fsp3) is 0.227. The minimum Gasteiger partial charge on any atom is -0.481 e. The third-order valence-electron chi connectivity index (χ3n) is 4.20. The predicted molar refractivity (Wildman–Crippen MR) is 121 cm³/mol. The van der Waals surface area contributed by atoms with Crippen LogP contribution in [-0.4, -0.2) is 26.4 Å². The summed E-state index contributed by atoms with van der Waals surface area (Å²) in [5.41, 5.74) is 1.81. The second kappa shape index (κ2) is 10.3. The van der Waals surface area contributed by atoms with Crippen molar-refractivity contribution in [2.45, 2.75) is 31.7 Å². The molecule has 3 aromatic rings. The van der Waals surface area contributed by atoms with Crippen LogP contribution in [0, 0.1) is 6.92 Å². The van der Waals surface area contributed by atoms with Crippen molar-refractivity contribution in [1.29, 1.82) is 0 Å². The van der Waals surface area contributed by atoms with Gasteiger partial charge in [-0.15, -0.1) is 16.8 Å². The summed E-state index contributed by atoms with van der Waals surface area (Å²) in [6, 6.07) is 14.9. The summed E-state index contributed by atoms with van der Waals surface area (Å²) in [6.45, 7) is 8.17. The van der Waals surface area contributed by atoms with Crippen molar-refractivity contribution in [3.05, 3.63) is 77.6 Å². The minimum atomic E-state index is -0.385. The summed E-state index contributed by atoms with van der Waals surface area (Å²) in [5, 5.41) is 12.6. The van der Waals surface area contributed by atoms with Gasteiger partial charge in [-0.05, 0) is 43.7 Å². The van der Waals surface area contributed by atoms with E-state index >= 15 is 0 Å². The molecule has 8 heteroatoms. The van der Waals surface area contributed by atoms with Crippen LogP contribution in [0.4, 0.5) is 5.69 Å². The normalized spacial score (nSPS) is 11.7. The molecule has 1 unspecified atom stereocenters. The summed E-state index contributed by atoms with van der Waals surface area (Å²) >= 11 is 7.56. The van der Waals surface area contributed by atoms with Crippen LogP contribution in [0.2, 0.25) is 5.02 Å². The number of thioether (sulfide) groups is 1. The van der Waals surface area contributed by atoms with Crippen molar-refractivity contribution in [1.82, 2.24) is 14.8 Å². The van der Waals surface area contributed by atoms with Gasteiger partial charge in [0.25, 0.3) is 0 Å². The van der Waals surface area contributed by atoms with E-state index in [0.29, 0.717) is 28.3 Å². The van der Waals surface area contributed by atoms with Crippen LogP contribution < -0.4 is 10.1 Å². The van der Waals surface area contributed by atoms with Crippen molar-refractivity contribution in [3.8, 4) is 5.75 Å². The Kier molecular flexibility index (Phi) is 7.54. The smallest absolute Gasteiger partial charge is 0.234 e. The molecule has 1 aromatic heterocycles. The van der Waals surface area contributed by atoms with E-state index in [-0.39, 0.29) is 17.8 Å². The summed E-state index contributed by atoms with van der Waals surface area (Å²) < 4.78 is 7.93. The van der Waals surface area contributed by atoms with Gasteiger partial charge in [0.05, 0.1) is 10.8 Å². The zero-order valence-electron chi connectivity index (χ0n) is 16.8. The van der Waals surface area contributed by atoms with E-state index < -0.39 is 0 Å². The number of allylic oxidation sites excluding steroid dienone is 1. The van der Waals surface area contributed by atoms with Crippen LogP contribution in [-0.2, 0) is 11.3 Å². The maximum absolute atomic E-state index is 12.3. The standard InChI is InChI=1S/C22H23ClN4O2S/c1-4-12-27-21(16(3)29-19-13-15(2)10-11-18(19)23)25-26-22(27)30-14-20(28)24-17-8-6-5-7-9-17/h4-11,13,16H,1,12,14H2,2-3H3,(H,24,28). The number of anilines is 1. The molecule has 3 rings (SSSR count). The van der Waals surface area contributed by atoms with Gasteiger partial charge in [-0.25, -0.2) is 0 Å². The van der Waals surface area contributed by atoms with E-state index in [1.807, 2.05) is 60.9 Å². The summed E-state index contributed by atoms with van der Waals surface area (Å²) in [7, 11) is 0. The number of ether oxygens (including phenoxy) is 1. The number of hydrogen-bond acceptors (Lipinski definition) is 5. The highest BCUT2D eigenvalue weighted by atomic mass is 35.5. The molecule has 0 aliphatic rings. The Labute approximate surface area is 185 Å². The van der Waals surface area contributed by atoms with Gasteiger partial charge in [-0.3, -0.25) is 9.36 Å². The van der Waals surface area contributed by atoms with Crippen molar-refractivity contribution < 1.29 is 9.53 Å².